The topological polar surface area (TPSA) is 75.1 Å². The highest BCUT2D eigenvalue weighted by Crippen LogP contribution is 2.22. The van der Waals surface area contributed by atoms with Gasteiger partial charge in [0.1, 0.15) is 5.82 Å². The number of nitrogens with one attached hydrogen (secondary N) is 2. The lowest BCUT2D eigenvalue weighted by molar-refractivity contribution is 0.102. The summed E-state index contributed by atoms with van der Waals surface area (Å²) in [7, 11) is 0. The summed E-state index contributed by atoms with van der Waals surface area (Å²) < 4.78 is 2.00. The molecule has 7 nitrogen and oxygen atoms in total. The maximum Gasteiger partial charge on any atom is 0.255 e. The number of benzene rings is 2. The molecule has 0 atom stereocenters. The second-order valence-corrected chi connectivity index (χ2v) is 8.54. The van der Waals surface area contributed by atoms with Gasteiger partial charge in [-0.3, -0.25) is 4.79 Å². The molecular formula is C27H28N6O. The van der Waals surface area contributed by atoms with Crippen molar-refractivity contribution in [3.8, 4) is 5.69 Å². The molecule has 1 saturated heterocycles. The fourth-order valence-corrected chi connectivity index (χ4v) is 4.13. The number of amides is 1. The van der Waals surface area contributed by atoms with Gasteiger partial charge in [-0.25, -0.2) is 4.98 Å². The zero-order chi connectivity index (χ0) is 23.3. The van der Waals surface area contributed by atoms with Gasteiger partial charge in [0.25, 0.3) is 5.91 Å². The Hall–Kier alpha value is -4.13. The third kappa shape index (κ3) is 5.09. The molecule has 2 aromatic carbocycles. The summed E-state index contributed by atoms with van der Waals surface area (Å²) in [5.41, 5.74) is 4.19. The monoisotopic (exact) mass is 452 g/mol. The molecule has 1 aliphatic rings. The number of aryl methyl sites for hydroxylation is 1. The van der Waals surface area contributed by atoms with Crippen molar-refractivity contribution in [3.63, 3.8) is 0 Å². The van der Waals surface area contributed by atoms with Crippen LogP contribution in [0.3, 0.4) is 0 Å². The van der Waals surface area contributed by atoms with Gasteiger partial charge >= 0.3 is 0 Å². The van der Waals surface area contributed by atoms with Crippen LogP contribution < -0.4 is 15.5 Å². The largest absolute Gasteiger partial charge is 0.341 e. The van der Waals surface area contributed by atoms with Crippen molar-refractivity contribution in [3.05, 3.63) is 90.4 Å². The Morgan fingerprint density at radius 1 is 0.853 bits per heavy atom. The van der Waals surface area contributed by atoms with Crippen LogP contribution in [0.2, 0.25) is 0 Å². The van der Waals surface area contributed by atoms with E-state index in [4.69, 9.17) is 4.98 Å². The van der Waals surface area contributed by atoms with E-state index in [1.54, 1.807) is 0 Å². The summed E-state index contributed by atoms with van der Waals surface area (Å²) in [4.78, 5) is 24.3. The summed E-state index contributed by atoms with van der Waals surface area (Å²) in [6.07, 6.45) is 7.59. The molecule has 2 N–H and O–H groups in total. The Kier molecular flexibility index (Phi) is 6.25. The molecule has 1 amide bonds. The second kappa shape index (κ2) is 9.79. The van der Waals surface area contributed by atoms with Crippen molar-refractivity contribution < 1.29 is 4.79 Å². The van der Waals surface area contributed by atoms with E-state index in [-0.39, 0.29) is 5.91 Å². The maximum absolute atomic E-state index is 12.7. The molecule has 4 aromatic rings. The Morgan fingerprint density at radius 2 is 1.53 bits per heavy atom. The highest BCUT2D eigenvalue weighted by atomic mass is 16.1. The number of rotatable bonds is 6. The smallest absolute Gasteiger partial charge is 0.255 e. The van der Waals surface area contributed by atoms with Crippen LogP contribution >= 0.6 is 0 Å². The standard InChI is InChI=1S/C27H28N6O/c1-20-19-25(31-27(28-20)33-17-3-2-4-18-33)29-22-9-11-23(12-10-22)30-26(34)21-7-13-24(14-8-21)32-15-5-6-16-32/h5-16,19H,2-4,17-18H2,1H3,(H,30,34)(H,28,29,31). The highest BCUT2D eigenvalue weighted by molar-refractivity contribution is 6.04. The highest BCUT2D eigenvalue weighted by Gasteiger charge is 2.15. The third-order valence-corrected chi connectivity index (χ3v) is 5.93. The lowest BCUT2D eigenvalue weighted by Gasteiger charge is -2.27. The molecule has 0 bridgehead atoms. The van der Waals surface area contributed by atoms with Gasteiger partial charge in [0.05, 0.1) is 0 Å². The quantitative estimate of drug-likeness (QED) is 0.400. The zero-order valence-electron chi connectivity index (χ0n) is 19.2. The Labute approximate surface area is 199 Å². The normalized spacial score (nSPS) is 13.5. The summed E-state index contributed by atoms with van der Waals surface area (Å²) in [6, 6.07) is 21.1. The lowest BCUT2D eigenvalue weighted by Crippen LogP contribution is -2.31. The van der Waals surface area contributed by atoms with Crippen LogP contribution in [0.5, 0.6) is 0 Å². The van der Waals surface area contributed by atoms with Gasteiger partial charge in [0.15, 0.2) is 0 Å². The van der Waals surface area contributed by atoms with Crippen LogP contribution in [0.4, 0.5) is 23.1 Å². The molecule has 1 aliphatic heterocycles. The van der Waals surface area contributed by atoms with Crippen LogP contribution in [-0.4, -0.2) is 33.5 Å². The minimum Gasteiger partial charge on any atom is -0.341 e. The molecule has 34 heavy (non-hydrogen) atoms. The van der Waals surface area contributed by atoms with Gasteiger partial charge in [-0.2, -0.15) is 4.98 Å². The third-order valence-electron chi connectivity index (χ3n) is 5.93. The van der Waals surface area contributed by atoms with E-state index < -0.39 is 0 Å². The van der Waals surface area contributed by atoms with Gasteiger partial charge in [0.2, 0.25) is 5.95 Å². The average molecular weight is 453 g/mol. The average Bonchev–Trinajstić information content (AvgIpc) is 3.41. The van der Waals surface area contributed by atoms with Crippen molar-refractivity contribution in [1.82, 2.24) is 14.5 Å². The van der Waals surface area contributed by atoms with E-state index in [9.17, 15) is 4.79 Å². The molecule has 0 saturated carbocycles. The SMILES string of the molecule is Cc1cc(Nc2ccc(NC(=O)c3ccc(-n4cccc4)cc3)cc2)nc(N2CCCCC2)n1. The second-order valence-electron chi connectivity index (χ2n) is 8.54. The van der Waals surface area contributed by atoms with E-state index >= 15 is 0 Å². The molecule has 1 fully saturated rings. The van der Waals surface area contributed by atoms with E-state index in [1.807, 2.05) is 90.6 Å². The molecule has 0 spiro atoms. The van der Waals surface area contributed by atoms with Crippen molar-refractivity contribution in [2.75, 3.05) is 28.6 Å². The molecule has 3 heterocycles. The van der Waals surface area contributed by atoms with Gasteiger partial charge in [-0.1, -0.05) is 0 Å². The molecule has 0 unspecified atom stereocenters. The van der Waals surface area contributed by atoms with E-state index in [2.05, 4.69) is 20.5 Å². The number of aromatic nitrogens is 3. The van der Waals surface area contributed by atoms with Crippen molar-refractivity contribution in [2.24, 2.45) is 0 Å². The first kappa shape index (κ1) is 21.7. The number of carbonyl (C=O) groups excluding carboxylic acids is 1. The van der Waals surface area contributed by atoms with Crippen LogP contribution in [0.1, 0.15) is 35.3 Å². The van der Waals surface area contributed by atoms with Crippen molar-refractivity contribution in [2.45, 2.75) is 26.2 Å². The van der Waals surface area contributed by atoms with Gasteiger partial charge in [-0.15, -0.1) is 0 Å². The Morgan fingerprint density at radius 3 is 2.24 bits per heavy atom. The minimum absolute atomic E-state index is 0.141. The van der Waals surface area contributed by atoms with Gasteiger partial charge in [0, 0.05) is 59.9 Å². The number of piperidine rings is 1. The first-order chi connectivity index (χ1) is 16.6. The summed E-state index contributed by atoms with van der Waals surface area (Å²) >= 11 is 0. The van der Waals surface area contributed by atoms with Crippen molar-refractivity contribution >= 4 is 29.0 Å². The summed E-state index contributed by atoms with van der Waals surface area (Å²) in [6.45, 7) is 4.00. The van der Waals surface area contributed by atoms with Crippen LogP contribution in [0.25, 0.3) is 5.69 Å². The van der Waals surface area contributed by atoms with E-state index in [0.29, 0.717) is 5.56 Å². The zero-order valence-corrected chi connectivity index (χ0v) is 19.2. The van der Waals surface area contributed by atoms with Crippen molar-refractivity contribution in [1.29, 1.82) is 0 Å². The molecule has 0 radical (unpaired) electrons. The lowest BCUT2D eigenvalue weighted by atomic mass is 10.1. The van der Waals surface area contributed by atoms with Gasteiger partial charge in [-0.05, 0) is 86.8 Å². The predicted molar refractivity (Wildman–Crippen MR) is 136 cm³/mol. The fourth-order valence-electron chi connectivity index (χ4n) is 4.13. The first-order valence-electron chi connectivity index (χ1n) is 11.7. The number of anilines is 4. The van der Waals surface area contributed by atoms with Crippen LogP contribution in [-0.2, 0) is 0 Å². The van der Waals surface area contributed by atoms with E-state index in [0.717, 1.165) is 47.6 Å². The molecule has 0 aliphatic carbocycles. The predicted octanol–water partition coefficient (Wildman–Crippen LogP) is 5.56. The summed E-state index contributed by atoms with van der Waals surface area (Å²) in [5, 5.41) is 6.32. The number of carbonyl (C=O) groups is 1. The maximum atomic E-state index is 12.7. The van der Waals surface area contributed by atoms with E-state index in [1.165, 1.54) is 19.3 Å². The number of hydrogen-bond donors (Lipinski definition) is 2. The number of nitrogens with zero attached hydrogens (tertiary/aromatic N) is 4. The number of hydrogen-bond acceptors (Lipinski definition) is 5. The first-order valence-corrected chi connectivity index (χ1v) is 11.7. The van der Waals surface area contributed by atoms with Crippen LogP contribution in [0.15, 0.2) is 79.1 Å². The molecule has 5 rings (SSSR count). The fraction of sp³-hybridized carbons (Fsp3) is 0.222. The Bertz CT molecular complexity index is 1240. The van der Waals surface area contributed by atoms with Gasteiger partial charge < -0.3 is 20.1 Å². The molecule has 7 heteroatoms. The summed E-state index contributed by atoms with van der Waals surface area (Å²) in [5.74, 6) is 1.42. The molecule has 2 aromatic heterocycles. The molecular weight excluding hydrogens is 424 g/mol. The molecule has 172 valence electrons. The minimum atomic E-state index is -0.141. The Balaban J connectivity index is 1.22. The van der Waals surface area contributed by atoms with Crippen LogP contribution in [0, 0.1) is 6.92 Å².